The van der Waals surface area contributed by atoms with Crippen molar-refractivity contribution >= 4 is 21.7 Å². The van der Waals surface area contributed by atoms with Crippen LogP contribution in [0.3, 0.4) is 0 Å². The Morgan fingerprint density at radius 2 is 1.53 bits per heavy atom. The Morgan fingerprint density at radius 3 is 2.05 bits per heavy atom. The Balaban J connectivity index is 1.61. The summed E-state index contributed by atoms with van der Waals surface area (Å²) in [6, 6.07) is 26.4. The lowest BCUT2D eigenvalue weighted by Crippen LogP contribution is -2.37. The van der Waals surface area contributed by atoms with E-state index in [2.05, 4.69) is 4.98 Å². The van der Waals surface area contributed by atoms with Gasteiger partial charge in [0.2, 0.25) is 0 Å². The van der Waals surface area contributed by atoms with Crippen LogP contribution >= 0.6 is 0 Å². The lowest BCUT2D eigenvalue weighted by molar-refractivity contribution is -0.148. The Bertz CT molecular complexity index is 1710. The van der Waals surface area contributed by atoms with E-state index < -0.39 is 32.9 Å². The molecule has 43 heavy (non-hydrogen) atoms. The number of hydrogen-bond donors (Lipinski definition) is 1. The van der Waals surface area contributed by atoms with Crippen molar-refractivity contribution < 1.29 is 23.1 Å². The quantitative estimate of drug-likeness (QED) is 0.238. The van der Waals surface area contributed by atoms with E-state index in [0.29, 0.717) is 24.1 Å². The Hall–Kier alpha value is -4.37. The molecule has 8 nitrogen and oxygen atoms in total. The summed E-state index contributed by atoms with van der Waals surface area (Å²) in [6.07, 6.45) is 3.48. The van der Waals surface area contributed by atoms with Crippen molar-refractivity contribution in [2.75, 3.05) is 11.4 Å². The van der Waals surface area contributed by atoms with Gasteiger partial charge in [-0.05, 0) is 34.2 Å². The fourth-order valence-electron chi connectivity index (χ4n) is 5.83. The highest BCUT2D eigenvalue weighted by molar-refractivity contribution is 7.92. The van der Waals surface area contributed by atoms with Crippen LogP contribution in [-0.2, 0) is 39.4 Å². The standard InChI is InChI=1S/C34H37N3O5S/c1-33(2,3)30(26-17-12-18-27(19-26)37(5)43(40,41)28-22-36(4)23-35-28)29-31(38)34(42-32(29)39,20-24-13-8-6-9-14-24)21-25-15-10-7-11-16-25/h6-19,22-23,30,38H,20-21H2,1-5H3. The van der Waals surface area contributed by atoms with Gasteiger partial charge in [-0.2, -0.15) is 8.42 Å². The molecule has 2 heterocycles. The zero-order valence-electron chi connectivity index (χ0n) is 25.1. The Morgan fingerprint density at radius 1 is 0.953 bits per heavy atom. The number of ether oxygens (including phenoxy) is 1. The van der Waals surface area contributed by atoms with E-state index in [1.54, 1.807) is 29.8 Å². The second-order valence-electron chi connectivity index (χ2n) is 12.2. The van der Waals surface area contributed by atoms with Crippen LogP contribution in [0.5, 0.6) is 0 Å². The molecule has 0 radical (unpaired) electrons. The third kappa shape index (κ3) is 5.95. The molecule has 1 unspecified atom stereocenters. The van der Waals surface area contributed by atoms with Gasteiger partial charge in [0.25, 0.3) is 10.0 Å². The third-order valence-electron chi connectivity index (χ3n) is 7.89. The minimum Gasteiger partial charge on any atom is -0.507 e. The summed E-state index contributed by atoms with van der Waals surface area (Å²) in [6.45, 7) is 5.96. The van der Waals surface area contributed by atoms with Gasteiger partial charge in [-0.3, -0.25) is 4.31 Å². The molecule has 0 spiro atoms. The lowest BCUT2D eigenvalue weighted by Gasteiger charge is -2.32. The summed E-state index contributed by atoms with van der Waals surface area (Å²) in [5, 5.41) is 12.0. The molecule has 3 aromatic carbocycles. The van der Waals surface area contributed by atoms with Gasteiger partial charge in [0, 0.05) is 39.1 Å². The predicted octanol–water partition coefficient (Wildman–Crippen LogP) is 5.97. The smallest absolute Gasteiger partial charge is 0.339 e. The maximum Gasteiger partial charge on any atom is 0.339 e. The second kappa shape index (κ2) is 11.4. The first-order chi connectivity index (χ1) is 20.3. The van der Waals surface area contributed by atoms with Crippen molar-refractivity contribution in [3.05, 3.63) is 125 Å². The van der Waals surface area contributed by atoms with E-state index in [-0.39, 0.29) is 16.4 Å². The van der Waals surface area contributed by atoms with Gasteiger partial charge in [-0.1, -0.05) is 93.6 Å². The van der Waals surface area contributed by atoms with Crippen molar-refractivity contribution in [3.63, 3.8) is 0 Å². The number of benzene rings is 3. The number of aryl methyl sites for hydroxylation is 1. The zero-order valence-corrected chi connectivity index (χ0v) is 25.9. The van der Waals surface area contributed by atoms with Crippen molar-refractivity contribution in [1.82, 2.24) is 9.55 Å². The number of carbonyl (C=O) groups is 1. The number of carbonyl (C=O) groups excluding carboxylic acids is 1. The highest BCUT2D eigenvalue weighted by Gasteiger charge is 2.52. The monoisotopic (exact) mass is 599 g/mol. The SMILES string of the molecule is CN(c1cccc(C(C2=C(O)C(Cc3ccccc3)(Cc3ccccc3)OC2=O)C(C)(C)C)c1)S(=O)(=O)c1cn(C)cn1. The molecule has 0 saturated heterocycles. The number of nitrogens with zero attached hydrogens (tertiary/aromatic N) is 3. The maximum atomic E-state index is 13.9. The molecule has 0 saturated carbocycles. The third-order valence-corrected chi connectivity index (χ3v) is 9.56. The van der Waals surface area contributed by atoms with Crippen molar-refractivity contribution in [1.29, 1.82) is 0 Å². The van der Waals surface area contributed by atoms with Gasteiger partial charge in [0.1, 0.15) is 5.76 Å². The summed E-state index contributed by atoms with van der Waals surface area (Å²) < 4.78 is 35.6. The molecule has 4 aromatic rings. The highest BCUT2D eigenvalue weighted by atomic mass is 32.2. The van der Waals surface area contributed by atoms with Crippen LogP contribution in [-0.4, -0.2) is 41.7 Å². The van der Waals surface area contributed by atoms with Gasteiger partial charge in [-0.25, -0.2) is 9.78 Å². The van der Waals surface area contributed by atoms with Gasteiger partial charge >= 0.3 is 5.97 Å². The normalized spacial score (nSPS) is 15.8. The number of anilines is 1. The number of hydrogen-bond acceptors (Lipinski definition) is 6. The lowest BCUT2D eigenvalue weighted by atomic mass is 9.71. The summed E-state index contributed by atoms with van der Waals surface area (Å²) >= 11 is 0. The molecule has 1 N–H and O–H groups in total. The van der Waals surface area contributed by atoms with E-state index in [9.17, 15) is 18.3 Å². The van der Waals surface area contributed by atoms with E-state index in [1.165, 1.54) is 23.9 Å². The number of imidazole rings is 1. The first-order valence-corrected chi connectivity index (χ1v) is 15.6. The minimum atomic E-state index is -3.93. The Labute approximate surface area is 253 Å². The molecule has 1 atom stereocenters. The number of sulfonamides is 1. The molecule has 0 bridgehead atoms. The molecular formula is C34H37N3O5S. The first-order valence-electron chi connectivity index (χ1n) is 14.1. The van der Waals surface area contributed by atoms with Crippen LogP contribution in [0.25, 0.3) is 0 Å². The summed E-state index contributed by atoms with van der Waals surface area (Å²) in [7, 11) is -0.751. The van der Waals surface area contributed by atoms with Gasteiger partial charge in [-0.15, -0.1) is 0 Å². The van der Waals surface area contributed by atoms with Crippen LogP contribution < -0.4 is 4.31 Å². The van der Waals surface area contributed by atoms with Gasteiger partial charge in [0.05, 0.1) is 17.6 Å². The molecule has 0 aliphatic carbocycles. The van der Waals surface area contributed by atoms with Crippen molar-refractivity contribution in [3.8, 4) is 0 Å². The molecule has 5 rings (SSSR count). The maximum absolute atomic E-state index is 13.9. The predicted molar refractivity (Wildman–Crippen MR) is 166 cm³/mol. The number of aliphatic hydroxyl groups is 1. The Kier molecular flexibility index (Phi) is 7.96. The molecule has 1 aliphatic rings. The second-order valence-corrected chi connectivity index (χ2v) is 14.1. The van der Waals surface area contributed by atoms with Crippen LogP contribution in [0.2, 0.25) is 0 Å². The van der Waals surface area contributed by atoms with E-state index in [0.717, 1.165) is 11.1 Å². The summed E-state index contributed by atoms with van der Waals surface area (Å²) in [5.74, 6) is -1.27. The summed E-state index contributed by atoms with van der Waals surface area (Å²) in [5.41, 5.74) is 1.28. The topological polar surface area (TPSA) is 102 Å². The van der Waals surface area contributed by atoms with Crippen molar-refractivity contribution in [2.45, 2.75) is 50.2 Å². The minimum absolute atomic E-state index is 0.0680. The van der Waals surface area contributed by atoms with E-state index in [1.807, 2.05) is 87.5 Å². The molecule has 224 valence electrons. The average molecular weight is 600 g/mol. The molecule has 9 heteroatoms. The fourth-order valence-corrected chi connectivity index (χ4v) is 6.98. The molecule has 0 fully saturated rings. The highest BCUT2D eigenvalue weighted by Crippen LogP contribution is 2.49. The summed E-state index contributed by atoms with van der Waals surface area (Å²) in [4.78, 5) is 17.9. The number of esters is 1. The van der Waals surface area contributed by atoms with Gasteiger partial charge in [0.15, 0.2) is 10.6 Å². The van der Waals surface area contributed by atoms with Crippen molar-refractivity contribution in [2.24, 2.45) is 12.5 Å². The average Bonchev–Trinajstić information content (AvgIpc) is 3.50. The molecule has 0 amide bonds. The number of aliphatic hydroxyl groups excluding tert-OH is 1. The fraction of sp³-hybridized carbons (Fsp3) is 0.294. The number of aromatic nitrogens is 2. The van der Waals surface area contributed by atoms with Crippen LogP contribution in [0.15, 0.2) is 114 Å². The van der Waals surface area contributed by atoms with E-state index in [4.69, 9.17) is 4.74 Å². The van der Waals surface area contributed by atoms with Crippen LogP contribution in [0, 0.1) is 5.41 Å². The molecule has 1 aliphatic heterocycles. The largest absolute Gasteiger partial charge is 0.507 e. The van der Waals surface area contributed by atoms with Crippen LogP contribution in [0.1, 0.15) is 43.4 Å². The van der Waals surface area contributed by atoms with E-state index >= 15 is 0 Å². The molecule has 1 aromatic heterocycles. The number of cyclic esters (lactones) is 1. The zero-order chi connectivity index (χ0) is 31.0. The van der Waals surface area contributed by atoms with Crippen LogP contribution in [0.4, 0.5) is 5.69 Å². The first kappa shape index (κ1) is 30.1. The molecular weight excluding hydrogens is 562 g/mol. The number of rotatable bonds is 9. The van der Waals surface area contributed by atoms with Gasteiger partial charge < -0.3 is 14.4 Å².